The number of hydrogen-bond acceptors (Lipinski definition) is 2. The SMILES string of the molecule is CCNC(c1ccccc1C(F)(F)F)c1ccoc1Cl. The van der Waals surface area contributed by atoms with E-state index in [4.69, 9.17) is 16.0 Å². The molecular weight excluding hydrogens is 291 g/mol. The fourth-order valence-electron chi connectivity index (χ4n) is 2.11. The Hall–Kier alpha value is -1.46. The van der Waals surface area contributed by atoms with Gasteiger partial charge in [-0.15, -0.1) is 0 Å². The molecule has 2 aromatic rings. The van der Waals surface area contributed by atoms with Gasteiger partial charge < -0.3 is 9.73 Å². The molecule has 6 heteroatoms. The van der Waals surface area contributed by atoms with Crippen molar-refractivity contribution in [3.8, 4) is 0 Å². The normalized spacial score (nSPS) is 13.4. The van der Waals surface area contributed by atoms with Crippen molar-refractivity contribution in [2.24, 2.45) is 0 Å². The van der Waals surface area contributed by atoms with Crippen LogP contribution in [0, 0.1) is 0 Å². The lowest BCUT2D eigenvalue weighted by Gasteiger charge is -2.21. The fourth-order valence-corrected chi connectivity index (χ4v) is 2.33. The maximum atomic E-state index is 13.1. The molecule has 0 bridgehead atoms. The summed E-state index contributed by atoms with van der Waals surface area (Å²) in [6.07, 6.45) is -3.06. The van der Waals surface area contributed by atoms with Gasteiger partial charge in [0, 0.05) is 5.56 Å². The Kier molecular flexibility index (Phi) is 4.40. The summed E-state index contributed by atoms with van der Waals surface area (Å²) in [5.74, 6) is 0. The first-order valence-electron chi connectivity index (χ1n) is 6.07. The second-order valence-corrected chi connectivity index (χ2v) is 4.57. The lowest BCUT2D eigenvalue weighted by atomic mass is 9.95. The molecular formula is C14H13ClF3NO. The van der Waals surface area contributed by atoms with Gasteiger partial charge in [0.05, 0.1) is 17.9 Å². The second kappa shape index (κ2) is 5.89. The van der Waals surface area contributed by atoms with E-state index in [0.717, 1.165) is 6.07 Å². The van der Waals surface area contributed by atoms with Crippen LogP contribution in [0.4, 0.5) is 13.2 Å². The zero-order valence-electron chi connectivity index (χ0n) is 10.7. The van der Waals surface area contributed by atoms with Gasteiger partial charge in [0.15, 0.2) is 5.22 Å². The van der Waals surface area contributed by atoms with Crippen LogP contribution in [0.3, 0.4) is 0 Å². The topological polar surface area (TPSA) is 25.2 Å². The summed E-state index contributed by atoms with van der Waals surface area (Å²) in [7, 11) is 0. The molecule has 1 unspecified atom stereocenters. The Balaban J connectivity index is 2.54. The van der Waals surface area contributed by atoms with E-state index in [-0.39, 0.29) is 10.8 Å². The number of rotatable bonds is 4. The predicted octanol–water partition coefficient (Wildman–Crippen LogP) is 4.65. The molecule has 1 aromatic heterocycles. The van der Waals surface area contributed by atoms with Crippen molar-refractivity contribution in [1.82, 2.24) is 5.32 Å². The standard InChI is InChI=1S/C14H13ClF3NO/c1-2-19-12(10-7-8-20-13(10)15)9-5-3-4-6-11(9)14(16,17)18/h3-8,12,19H,2H2,1H3. The van der Waals surface area contributed by atoms with Gasteiger partial charge in [-0.25, -0.2) is 0 Å². The van der Waals surface area contributed by atoms with Crippen LogP contribution in [-0.2, 0) is 6.18 Å². The Labute approximate surface area is 119 Å². The minimum absolute atomic E-state index is 0.0907. The Bertz CT molecular complexity index is 580. The highest BCUT2D eigenvalue weighted by atomic mass is 35.5. The maximum Gasteiger partial charge on any atom is 0.416 e. The van der Waals surface area contributed by atoms with Crippen LogP contribution < -0.4 is 5.32 Å². The van der Waals surface area contributed by atoms with Gasteiger partial charge in [-0.2, -0.15) is 13.2 Å². The third kappa shape index (κ3) is 2.99. The number of furan rings is 1. The molecule has 2 rings (SSSR count). The predicted molar refractivity (Wildman–Crippen MR) is 70.7 cm³/mol. The highest BCUT2D eigenvalue weighted by molar-refractivity contribution is 6.29. The van der Waals surface area contributed by atoms with Crippen LogP contribution in [0.5, 0.6) is 0 Å². The zero-order valence-corrected chi connectivity index (χ0v) is 11.4. The van der Waals surface area contributed by atoms with Crippen LogP contribution in [0.1, 0.15) is 29.7 Å². The van der Waals surface area contributed by atoms with Crippen molar-refractivity contribution < 1.29 is 17.6 Å². The van der Waals surface area contributed by atoms with Crippen LogP contribution >= 0.6 is 11.6 Å². The lowest BCUT2D eigenvalue weighted by Crippen LogP contribution is -2.24. The molecule has 0 amide bonds. The number of alkyl halides is 3. The van der Waals surface area contributed by atoms with E-state index < -0.39 is 17.8 Å². The van der Waals surface area contributed by atoms with Crippen molar-refractivity contribution in [3.05, 3.63) is 58.5 Å². The quantitative estimate of drug-likeness (QED) is 0.889. The molecule has 1 atom stereocenters. The monoisotopic (exact) mass is 303 g/mol. The first kappa shape index (κ1) is 14.9. The lowest BCUT2D eigenvalue weighted by molar-refractivity contribution is -0.138. The summed E-state index contributed by atoms with van der Waals surface area (Å²) in [4.78, 5) is 0. The summed E-state index contributed by atoms with van der Waals surface area (Å²) in [6.45, 7) is 2.32. The van der Waals surface area contributed by atoms with Crippen molar-refractivity contribution >= 4 is 11.6 Å². The van der Waals surface area contributed by atoms with Crippen LogP contribution in [0.2, 0.25) is 5.22 Å². The minimum atomic E-state index is -4.42. The Morgan fingerprint density at radius 2 is 1.90 bits per heavy atom. The van der Waals surface area contributed by atoms with Gasteiger partial charge in [0.1, 0.15) is 0 Å². The molecule has 0 aliphatic carbocycles. The first-order valence-corrected chi connectivity index (χ1v) is 6.45. The number of nitrogens with one attached hydrogen (secondary N) is 1. The zero-order chi connectivity index (χ0) is 14.8. The van der Waals surface area contributed by atoms with Gasteiger partial charge in [0.25, 0.3) is 0 Å². The molecule has 0 radical (unpaired) electrons. The van der Waals surface area contributed by atoms with E-state index in [1.807, 2.05) is 6.92 Å². The first-order chi connectivity index (χ1) is 9.45. The number of halogens is 4. The largest absolute Gasteiger partial charge is 0.453 e. The van der Waals surface area contributed by atoms with E-state index in [0.29, 0.717) is 12.1 Å². The maximum absolute atomic E-state index is 13.1. The van der Waals surface area contributed by atoms with E-state index in [9.17, 15) is 13.2 Å². The Morgan fingerprint density at radius 3 is 2.45 bits per heavy atom. The van der Waals surface area contributed by atoms with Crippen LogP contribution in [-0.4, -0.2) is 6.54 Å². The summed E-state index contributed by atoms with van der Waals surface area (Å²) < 4.78 is 44.3. The van der Waals surface area contributed by atoms with Gasteiger partial charge in [-0.3, -0.25) is 0 Å². The van der Waals surface area contributed by atoms with Gasteiger partial charge in [0.2, 0.25) is 0 Å². The molecule has 0 saturated carbocycles. The van der Waals surface area contributed by atoms with Crippen molar-refractivity contribution in [2.75, 3.05) is 6.54 Å². The van der Waals surface area contributed by atoms with E-state index >= 15 is 0 Å². The smallest absolute Gasteiger partial charge is 0.416 e. The third-order valence-corrected chi connectivity index (χ3v) is 3.25. The van der Waals surface area contributed by atoms with Gasteiger partial charge in [-0.1, -0.05) is 25.1 Å². The average molecular weight is 304 g/mol. The van der Waals surface area contributed by atoms with E-state index in [1.54, 1.807) is 12.1 Å². The summed E-state index contributed by atoms with van der Waals surface area (Å²) in [5, 5.41) is 3.10. The molecule has 1 aromatic carbocycles. The molecule has 0 aliphatic rings. The van der Waals surface area contributed by atoms with Gasteiger partial charge in [-0.05, 0) is 35.8 Å². The number of hydrogen-bond donors (Lipinski definition) is 1. The molecule has 0 saturated heterocycles. The number of benzene rings is 1. The molecule has 0 aliphatic heterocycles. The Morgan fingerprint density at radius 1 is 1.20 bits per heavy atom. The van der Waals surface area contributed by atoms with Crippen LogP contribution in [0.25, 0.3) is 0 Å². The van der Waals surface area contributed by atoms with E-state index in [2.05, 4.69) is 5.32 Å². The highest BCUT2D eigenvalue weighted by Crippen LogP contribution is 2.38. The molecule has 20 heavy (non-hydrogen) atoms. The molecule has 108 valence electrons. The summed E-state index contributed by atoms with van der Waals surface area (Å²) >= 11 is 5.90. The molecule has 0 fully saturated rings. The summed E-state index contributed by atoms with van der Waals surface area (Å²) in [5.41, 5.74) is -0.0569. The van der Waals surface area contributed by atoms with Crippen LogP contribution in [0.15, 0.2) is 41.0 Å². The van der Waals surface area contributed by atoms with E-state index in [1.165, 1.54) is 18.4 Å². The molecule has 1 heterocycles. The van der Waals surface area contributed by atoms with Crippen molar-refractivity contribution in [1.29, 1.82) is 0 Å². The molecule has 1 N–H and O–H groups in total. The highest BCUT2D eigenvalue weighted by Gasteiger charge is 2.35. The summed E-state index contributed by atoms with van der Waals surface area (Å²) in [6, 6.07) is 6.36. The fraction of sp³-hybridized carbons (Fsp3) is 0.286. The molecule has 0 spiro atoms. The minimum Gasteiger partial charge on any atom is -0.453 e. The van der Waals surface area contributed by atoms with Crippen molar-refractivity contribution in [2.45, 2.75) is 19.1 Å². The third-order valence-electron chi connectivity index (χ3n) is 2.94. The van der Waals surface area contributed by atoms with Crippen molar-refractivity contribution in [3.63, 3.8) is 0 Å². The molecule has 2 nitrogen and oxygen atoms in total. The average Bonchev–Trinajstić information content (AvgIpc) is 2.81. The second-order valence-electron chi connectivity index (χ2n) is 4.23. The van der Waals surface area contributed by atoms with Gasteiger partial charge >= 0.3 is 6.18 Å².